The van der Waals surface area contributed by atoms with Crippen molar-refractivity contribution in [3.63, 3.8) is 0 Å². The maximum atomic E-state index is 6.25. The lowest BCUT2D eigenvalue weighted by molar-refractivity contribution is 0.0160. The Morgan fingerprint density at radius 3 is 3.08 bits per heavy atom. The number of hydrogen-bond acceptors (Lipinski definition) is 6. The minimum absolute atomic E-state index is 0.000260. The summed E-state index contributed by atoms with van der Waals surface area (Å²) in [5.74, 6) is 0.639. The summed E-state index contributed by atoms with van der Waals surface area (Å²) in [5, 5.41) is 8.84. The lowest BCUT2D eigenvalue weighted by atomic mass is 10.1. The van der Waals surface area contributed by atoms with Gasteiger partial charge in [-0.25, -0.2) is 9.67 Å². The fraction of sp³-hybridized carbons (Fsp3) is 0.471. The monoisotopic (exact) mass is 421 g/mol. The molecule has 8 nitrogen and oxygen atoms in total. The van der Waals surface area contributed by atoms with Gasteiger partial charge >= 0.3 is 0 Å². The predicted octanol–water partition coefficient (Wildman–Crippen LogP) is 3.08. The summed E-state index contributed by atoms with van der Waals surface area (Å²) in [5.41, 5.74) is 2.54. The zero-order valence-corrected chi connectivity index (χ0v) is 16.2. The summed E-state index contributed by atoms with van der Waals surface area (Å²) >= 11 is 3.34. The summed E-state index contributed by atoms with van der Waals surface area (Å²) < 4.78 is 21.3. The molecule has 0 saturated carbocycles. The van der Waals surface area contributed by atoms with Crippen LogP contribution in [0.4, 0.5) is 0 Å². The lowest BCUT2D eigenvalue weighted by Crippen LogP contribution is -2.18. The van der Waals surface area contributed by atoms with Gasteiger partial charge in [-0.2, -0.15) is 9.61 Å². The molecular weight excluding hydrogens is 402 g/mol. The molecule has 9 heteroatoms. The summed E-state index contributed by atoms with van der Waals surface area (Å²) in [6.07, 6.45) is 4.48. The zero-order valence-electron chi connectivity index (χ0n) is 14.6. The van der Waals surface area contributed by atoms with Crippen LogP contribution in [0, 0.1) is 0 Å². The van der Waals surface area contributed by atoms with Gasteiger partial charge in [0.2, 0.25) is 10.6 Å². The van der Waals surface area contributed by atoms with Crippen LogP contribution >= 0.6 is 15.9 Å². The molecule has 0 aliphatic carbocycles. The molecule has 138 valence electrons. The second-order valence-corrected chi connectivity index (χ2v) is 6.78. The van der Waals surface area contributed by atoms with Crippen LogP contribution in [0.3, 0.4) is 0 Å². The first-order chi connectivity index (χ1) is 12.7. The normalized spacial score (nSPS) is 18.5. The number of nitrogens with zero attached hydrogens (tertiary/aromatic N) is 5. The van der Waals surface area contributed by atoms with Gasteiger partial charge in [0.1, 0.15) is 12.3 Å². The molecule has 0 aromatic carbocycles. The molecule has 2 atom stereocenters. The Labute approximate surface area is 159 Å². The fourth-order valence-electron chi connectivity index (χ4n) is 2.99. The topological polar surface area (TPSA) is 75.7 Å². The van der Waals surface area contributed by atoms with Crippen LogP contribution in [0.2, 0.25) is 0 Å². The summed E-state index contributed by atoms with van der Waals surface area (Å²) in [6.45, 7) is 5.84. The molecule has 0 N–H and O–H groups in total. The average Bonchev–Trinajstić information content (AvgIpc) is 3.34. The smallest absolute Gasteiger partial charge is 0.225 e. The van der Waals surface area contributed by atoms with Gasteiger partial charge in [0.05, 0.1) is 19.4 Å². The fourth-order valence-corrected chi connectivity index (χ4v) is 3.33. The molecule has 1 aliphatic heterocycles. The molecule has 0 spiro atoms. The predicted molar refractivity (Wildman–Crippen MR) is 98.1 cm³/mol. The third kappa shape index (κ3) is 3.34. The number of halogens is 1. The Balaban J connectivity index is 1.76. The molecule has 4 rings (SSSR count). The number of fused-ring (bicyclic) bond motifs is 1. The van der Waals surface area contributed by atoms with Gasteiger partial charge in [0, 0.05) is 30.4 Å². The average molecular weight is 422 g/mol. The highest BCUT2D eigenvalue weighted by Gasteiger charge is 2.23. The number of rotatable bonds is 6. The van der Waals surface area contributed by atoms with Gasteiger partial charge in [0.25, 0.3) is 0 Å². The second-order valence-electron chi connectivity index (χ2n) is 6.07. The molecule has 1 aliphatic rings. The Morgan fingerprint density at radius 2 is 2.31 bits per heavy atom. The van der Waals surface area contributed by atoms with Crippen molar-refractivity contribution in [1.29, 1.82) is 0 Å². The first kappa shape index (κ1) is 17.4. The standard InChI is InChI=1S/C17H20BrN5O3/c1-3-25-11(2)22-9-12(8-19-22)14-4-5-15-20-17(18)21-23(15)16(14)26-13-6-7-24-10-13/h4-5,8-9,11,13H,3,6-7,10H2,1-2H3/t11?,13-/m0/s1. The van der Waals surface area contributed by atoms with Crippen molar-refractivity contribution in [2.24, 2.45) is 0 Å². The number of pyridine rings is 1. The van der Waals surface area contributed by atoms with E-state index in [4.69, 9.17) is 14.2 Å². The van der Waals surface area contributed by atoms with E-state index < -0.39 is 0 Å². The van der Waals surface area contributed by atoms with Gasteiger partial charge in [-0.1, -0.05) is 0 Å². The highest BCUT2D eigenvalue weighted by atomic mass is 79.9. The maximum Gasteiger partial charge on any atom is 0.225 e. The molecule has 1 unspecified atom stereocenters. The quantitative estimate of drug-likeness (QED) is 0.608. The highest BCUT2D eigenvalue weighted by Crippen LogP contribution is 2.33. The Morgan fingerprint density at radius 1 is 1.42 bits per heavy atom. The van der Waals surface area contributed by atoms with Crippen molar-refractivity contribution in [2.45, 2.75) is 32.6 Å². The third-order valence-corrected chi connectivity index (χ3v) is 4.62. The molecule has 1 saturated heterocycles. The molecule has 4 heterocycles. The van der Waals surface area contributed by atoms with E-state index in [2.05, 4.69) is 31.1 Å². The van der Waals surface area contributed by atoms with Crippen molar-refractivity contribution in [1.82, 2.24) is 24.4 Å². The van der Waals surface area contributed by atoms with Crippen molar-refractivity contribution < 1.29 is 14.2 Å². The van der Waals surface area contributed by atoms with Crippen LogP contribution in [0.25, 0.3) is 16.8 Å². The lowest BCUT2D eigenvalue weighted by Gasteiger charge is -2.16. The minimum Gasteiger partial charge on any atom is -0.471 e. The molecule has 26 heavy (non-hydrogen) atoms. The van der Waals surface area contributed by atoms with Gasteiger partial charge in [-0.15, -0.1) is 5.10 Å². The van der Waals surface area contributed by atoms with Crippen LogP contribution in [0.5, 0.6) is 5.88 Å². The van der Waals surface area contributed by atoms with E-state index in [1.807, 2.05) is 32.2 Å². The van der Waals surface area contributed by atoms with Crippen LogP contribution in [-0.2, 0) is 9.47 Å². The molecule has 0 amide bonds. The van der Waals surface area contributed by atoms with Crippen molar-refractivity contribution in [2.75, 3.05) is 19.8 Å². The Kier molecular flexibility index (Phi) is 4.92. The van der Waals surface area contributed by atoms with Gasteiger partial charge in [-0.05, 0) is 41.9 Å². The zero-order chi connectivity index (χ0) is 18.1. The largest absolute Gasteiger partial charge is 0.471 e. The Hall–Kier alpha value is -1.97. The number of aromatic nitrogens is 5. The third-order valence-electron chi connectivity index (χ3n) is 4.29. The maximum absolute atomic E-state index is 6.25. The second kappa shape index (κ2) is 7.34. The number of hydrogen-bond donors (Lipinski definition) is 0. The molecular formula is C17H20BrN5O3. The van der Waals surface area contributed by atoms with E-state index >= 15 is 0 Å². The Bertz CT molecular complexity index is 903. The minimum atomic E-state index is -0.134. The molecule has 0 bridgehead atoms. The van der Waals surface area contributed by atoms with E-state index in [1.165, 1.54) is 0 Å². The van der Waals surface area contributed by atoms with E-state index in [0.29, 0.717) is 36.1 Å². The van der Waals surface area contributed by atoms with Crippen molar-refractivity contribution in [3.05, 3.63) is 29.3 Å². The van der Waals surface area contributed by atoms with Crippen molar-refractivity contribution in [3.8, 4) is 17.0 Å². The van der Waals surface area contributed by atoms with Crippen LogP contribution in [-0.4, -0.2) is 50.3 Å². The summed E-state index contributed by atoms with van der Waals surface area (Å²) in [6, 6.07) is 3.89. The van der Waals surface area contributed by atoms with Crippen LogP contribution in [0.15, 0.2) is 29.3 Å². The first-order valence-electron chi connectivity index (χ1n) is 8.61. The van der Waals surface area contributed by atoms with Crippen LogP contribution in [0.1, 0.15) is 26.5 Å². The summed E-state index contributed by atoms with van der Waals surface area (Å²) in [7, 11) is 0. The molecule has 1 fully saturated rings. The van der Waals surface area contributed by atoms with Gasteiger partial charge in [0.15, 0.2) is 5.65 Å². The van der Waals surface area contributed by atoms with Gasteiger partial charge < -0.3 is 14.2 Å². The molecule has 3 aromatic rings. The van der Waals surface area contributed by atoms with Crippen molar-refractivity contribution >= 4 is 21.6 Å². The number of ether oxygens (including phenoxy) is 3. The van der Waals surface area contributed by atoms with Gasteiger partial charge in [-0.3, -0.25) is 0 Å². The molecule has 3 aromatic heterocycles. The van der Waals surface area contributed by atoms with E-state index in [0.717, 1.165) is 17.5 Å². The molecule has 0 radical (unpaired) electrons. The summed E-state index contributed by atoms with van der Waals surface area (Å²) in [4.78, 5) is 4.36. The SMILES string of the molecule is CCOC(C)n1cc(-c2ccc3nc(Br)nn3c2O[C@H]2CCOC2)cn1. The highest BCUT2D eigenvalue weighted by molar-refractivity contribution is 9.10. The van der Waals surface area contributed by atoms with E-state index in [-0.39, 0.29) is 12.3 Å². The van der Waals surface area contributed by atoms with Crippen LogP contribution < -0.4 is 4.74 Å². The van der Waals surface area contributed by atoms with E-state index in [9.17, 15) is 0 Å². The first-order valence-corrected chi connectivity index (χ1v) is 9.41. The van der Waals surface area contributed by atoms with E-state index in [1.54, 1.807) is 15.4 Å².